The molecule has 2 aromatic carbocycles. The summed E-state index contributed by atoms with van der Waals surface area (Å²) >= 11 is 0. The minimum atomic E-state index is 0.426. The fourth-order valence-electron chi connectivity index (χ4n) is 2.41. The van der Waals surface area contributed by atoms with Gasteiger partial charge in [0, 0.05) is 11.6 Å². The van der Waals surface area contributed by atoms with E-state index in [9.17, 15) is 0 Å². The average molecular weight is 273 g/mol. The smallest absolute Gasteiger partial charge is 0.163 e. The van der Waals surface area contributed by atoms with Crippen LogP contribution >= 0.6 is 0 Å². The van der Waals surface area contributed by atoms with Gasteiger partial charge < -0.3 is 0 Å². The van der Waals surface area contributed by atoms with E-state index in [0.29, 0.717) is 5.69 Å². The SMILES string of the molecule is Cc1ccc(C)c(-c2cc(C#N)nn2-c2ccccc2)c1. The Morgan fingerprint density at radius 3 is 2.48 bits per heavy atom. The quantitative estimate of drug-likeness (QED) is 0.707. The maximum atomic E-state index is 9.17. The van der Waals surface area contributed by atoms with Crippen molar-refractivity contribution >= 4 is 0 Å². The predicted molar refractivity (Wildman–Crippen MR) is 83.2 cm³/mol. The van der Waals surface area contributed by atoms with Gasteiger partial charge in [0.05, 0.1) is 11.4 Å². The number of aryl methyl sites for hydroxylation is 2. The third-order valence-electron chi connectivity index (χ3n) is 3.49. The Labute approximate surface area is 124 Å². The van der Waals surface area contributed by atoms with Gasteiger partial charge in [0.15, 0.2) is 5.69 Å². The summed E-state index contributed by atoms with van der Waals surface area (Å²) in [5.41, 5.74) is 5.79. The van der Waals surface area contributed by atoms with Crippen molar-refractivity contribution in [1.29, 1.82) is 5.26 Å². The molecule has 3 nitrogen and oxygen atoms in total. The summed E-state index contributed by atoms with van der Waals surface area (Å²) in [6.07, 6.45) is 0. The Morgan fingerprint density at radius 1 is 1.00 bits per heavy atom. The van der Waals surface area contributed by atoms with E-state index in [-0.39, 0.29) is 0 Å². The van der Waals surface area contributed by atoms with Crippen LogP contribution in [0.5, 0.6) is 0 Å². The number of hydrogen-bond acceptors (Lipinski definition) is 2. The molecule has 3 heteroatoms. The summed E-state index contributed by atoms with van der Waals surface area (Å²) in [5, 5.41) is 13.6. The number of nitrogens with zero attached hydrogens (tertiary/aromatic N) is 3. The molecule has 1 aromatic heterocycles. The molecule has 3 aromatic rings. The van der Waals surface area contributed by atoms with Crippen molar-refractivity contribution < 1.29 is 0 Å². The Balaban J connectivity index is 2.26. The van der Waals surface area contributed by atoms with E-state index in [2.05, 4.69) is 43.2 Å². The summed E-state index contributed by atoms with van der Waals surface area (Å²) in [6, 6.07) is 20.2. The lowest BCUT2D eigenvalue weighted by Gasteiger charge is -2.10. The van der Waals surface area contributed by atoms with Crippen molar-refractivity contribution in [2.45, 2.75) is 13.8 Å². The molecular formula is C18H15N3. The average Bonchev–Trinajstić information content (AvgIpc) is 2.95. The highest BCUT2D eigenvalue weighted by molar-refractivity contribution is 5.67. The standard InChI is InChI=1S/C18H15N3/c1-13-8-9-14(2)17(10-13)18-11-15(12-19)20-21(18)16-6-4-3-5-7-16/h3-11H,1-2H3. The molecule has 0 saturated heterocycles. The first-order chi connectivity index (χ1) is 10.2. The molecule has 0 fully saturated rings. The molecule has 3 rings (SSSR count). The fraction of sp³-hybridized carbons (Fsp3) is 0.111. The second kappa shape index (κ2) is 5.26. The molecule has 0 bridgehead atoms. The molecule has 0 unspecified atom stereocenters. The van der Waals surface area contributed by atoms with Crippen molar-refractivity contribution in [1.82, 2.24) is 9.78 Å². The first-order valence-corrected chi connectivity index (χ1v) is 6.82. The Morgan fingerprint density at radius 2 is 1.76 bits per heavy atom. The zero-order valence-corrected chi connectivity index (χ0v) is 12.0. The van der Waals surface area contributed by atoms with Gasteiger partial charge in [-0.05, 0) is 37.6 Å². The van der Waals surface area contributed by atoms with Gasteiger partial charge in [-0.25, -0.2) is 4.68 Å². The molecule has 21 heavy (non-hydrogen) atoms. The molecule has 0 aliphatic carbocycles. The van der Waals surface area contributed by atoms with Gasteiger partial charge in [-0.2, -0.15) is 10.4 Å². The molecule has 0 aliphatic rings. The van der Waals surface area contributed by atoms with Crippen LogP contribution in [-0.2, 0) is 0 Å². The van der Waals surface area contributed by atoms with E-state index in [1.807, 2.05) is 41.1 Å². The van der Waals surface area contributed by atoms with Crippen LogP contribution in [0.3, 0.4) is 0 Å². The lowest BCUT2D eigenvalue weighted by Crippen LogP contribution is -2.00. The number of nitriles is 1. The zero-order valence-electron chi connectivity index (χ0n) is 12.0. The number of hydrogen-bond donors (Lipinski definition) is 0. The number of aromatic nitrogens is 2. The summed E-state index contributed by atoms with van der Waals surface area (Å²) in [7, 11) is 0. The molecule has 0 spiro atoms. The predicted octanol–water partition coefficient (Wildman–Crippen LogP) is 4.03. The molecule has 0 saturated carbocycles. The Kier molecular flexibility index (Phi) is 3.29. The largest absolute Gasteiger partial charge is 0.232 e. The van der Waals surface area contributed by atoms with E-state index >= 15 is 0 Å². The number of benzene rings is 2. The highest BCUT2D eigenvalue weighted by atomic mass is 15.3. The molecule has 0 aliphatic heterocycles. The topological polar surface area (TPSA) is 41.6 Å². The zero-order chi connectivity index (χ0) is 14.8. The second-order valence-corrected chi connectivity index (χ2v) is 5.09. The van der Waals surface area contributed by atoms with E-state index in [1.165, 1.54) is 11.1 Å². The first kappa shape index (κ1) is 13.1. The summed E-state index contributed by atoms with van der Waals surface area (Å²) < 4.78 is 1.83. The first-order valence-electron chi connectivity index (χ1n) is 6.82. The highest BCUT2D eigenvalue weighted by Crippen LogP contribution is 2.27. The summed E-state index contributed by atoms with van der Waals surface area (Å²) in [6.45, 7) is 4.14. The van der Waals surface area contributed by atoms with Crippen LogP contribution in [0, 0.1) is 25.2 Å². The maximum Gasteiger partial charge on any atom is 0.163 e. The van der Waals surface area contributed by atoms with Gasteiger partial charge >= 0.3 is 0 Å². The van der Waals surface area contributed by atoms with Gasteiger partial charge in [0.25, 0.3) is 0 Å². The van der Waals surface area contributed by atoms with E-state index in [4.69, 9.17) is 5.26 Å². The monoisotopic (exact) mass is 273 g/mol. The van der Waals surface area contributed by atoms with Crippen molar-refractivity contribution in [3.05, 3.63) is 71.4 Å². The van der Waals surface area contributed by atoms with Crippen LogP contribution in [0.25, 0.3) is 16.9 Å². The molecular weight excluding hydrogens is 258 g/mol. The van der Waals surface area contributed by atoms with Gasteiger partial charge in [-0.3, -0.25) is 0 Å². The van der Waals surface area contributed by atoms with Crippen molar-refractivity contribution in [2.75, 3.05) is 0 Å². The van der Waals surface area contributed by atoms with Gasteiger partial charge in [-0.1, -0.05) is 35.9 Å². The minimum Gasteiger partial charge on any atom is -0.232 e. The molecule has 0 N–H and O–H groups in total. The maximum absolute atomic E-state index is 9.17. The van der Waals surface area contributed by atoms with Crippen molar-refractivity contribution in [3.8, 4) is 23.0 Å². The van der Waals surface area contributed by atoms with Crippen LogP contribution in [0.2, 0.25) is 0 Å². The molecule has 0 atom stereocenters. The van der Waals surface area contributed by atoms with Crippen LogP contribution in [-0.4, -0.2) is 9.78 Å². The molecule has 102 valence electrons. The Bertz CT molecular complexity index is 823. The van der Waals surface area contributed by atoms with Gasteiger partial charge in [0.1, 0.15) is 6.07 Å². The second-order valence-electron chi connectivity index (χ2n) is 5.09. The van der Waals surface area contributed by atoms with Gasteiger partial charge in [0.2, 0.25) is 0 Å². The van der Waals surface area contributed by atoms with Crippen LogP contribution < -0.4 is 0 Å². The van der Waals surface area contributed by atoms with Crippen LogP contribution in [0.15, 0.2) is 54.6 Å². The highest BCUT2D eigenvalue weighted by Gasteiger charge is 2.13. The number of para-hydroxylation sites is 1. The Hall–Kier alpha value is -2.86. The minimum absolute atomic E-state index is 0.426. The lowest BCUT2D eigenvalue weighted by atomic mass is 10.0. The van der Waals surface area contributed by atoms with E-state index in [0.717, 1.165) is 16.9 Å². The fourth-order valence-corrected chi connectivity index (χ4v) is 2.41. The normalized spacial score (nSPS) is 10.3. The summed E-state index contributed by atoms with van der Waals surface area (Å²) in [5.74, 6) is 0. The molecule has 1 heterocycles. The third-order valence-corrected chi connectivity index (χ3v) is 3.49. The van der Waals surface area contributed by atoms with Crippen molar-refractivity contribution in [2.24, 2.45) is 0 Å². The van der Waals surface area contributed by atoms with Crippen LogP contribution in [0.1, 0.15) is 16.8 Å². The van der Waals surface area contributed by atoms with Gasteiger partial charge in [-0.15, -0.1) is 0 Å². The number of rotatable bonds is 2. The molecule has 0 radical (unpaired) electrons. The third kappa shape index (κ3) is 2.44. The van der Waals surface area contributed by atoms with Crippen LogP contribution in [0.4, 0.5) is 0 Å². The van der Waals surface area contributed by atoms with E-state index in [1.54, 1.807) is 0 Å². The van der Waals surface area contributed by atoms with Crippen molar-refractivity contribution in [3.63, 3.8) is 0 Å². The molecule has 0 amide bonds. The lowest BCUT2D eigenvalue weighted by molar-refractivity contribution is 0.879. The van der Waals surface area contributed by atoms with E-state index < -0.39 is 0 Å². The summed E-state index contributed by atoms with van der Waals surface area (Å²) in [4.78, 5) is 0.